The van der Waals surface area contributed by atoms with Crippen molar-refractivity contribution >= 4 is 0 Å². The molecule has 0 radical (unpaired) electrons. The molecule has 0 saturated heterocycles. The van der Waals surface area contributed by atoms with E-state index < -0.39 is 0 Å². The van der Waals surface area contributed by atoms with Crippen molar-refractivity contribution in [1.29, 1.82) is 0 Å². The lowest BCUT2D eigenvalue weighted by Crippen LogP contribution is -2.04. The van der Waals surface area contributed by atoms with Gasteiger partial charge in [-0.25, -0.2) is 4.98 Å². The van der Waals surface area contributed by atoms with Crippen LogP contribution in [0.5, 0.6) is 11.6 Å². The quantitative estimate of drug-likeness (QED) is 0.763. The zero-order valence-corrected chi connectivity index (χ0v) is 8.62. The molecule has 14 heavy (non-hydrogen) atoms. The van der Waals surface area contributed by atoms with Gasteiger partial charge in [-0.15, -0.1) is 0 Å². The van der Waals surface area contributed by atoms with Crippen LogP contribution in [0.15, 0.2) is 12.3 Å². The Morgan fingerprint density at radius 3 is 2.71 bits per heavy atom. The first-order chi connectivity index (χ1) is 6.83. The van der Waals surface area contributed by atoms with Crippen LogP contribution >= 0.6 is 0 Å². The highest BCUT2D eigenvalue weighted by molar-refractivity contribution is 5.39. The Morgan fingerprint density at radius 2 is 2.14 bits per heavy atom. The lowest BCUT2D eigenvalue weighted by atomic mass is 10.1. The van der Waals surface area contributed by atoms with E-state index in [9.17, 15) is 0 Å². The highest BCUT2D eigenvalue weighted by Gasteiger charge is 2.09. The van der Waals surface area contributed by atoms with Crippen molar-refractivity contribution in [3.63, 3.8) is 0 Å². The van der Waals surface area contributed by atoms with Gasteiger partial charge in [0.25, 0.3) is 0 Å². The van der Waals surface area contributed by atoms with Crippen molar-refractivity contribution in [2.45, 2.75) is 12.8 Å². The van der Waals surface area contributed by atoms with E-state index >= 15 is 0 Å². The number of nitrogens with two attached hydrogens (primary N) is 1. The van der Waals surface area contributed by atoms with Crippen LogP contribution in [-0.4, -0.2) is 25.7 Å². The smallest absolute Gasteiger partial charge is 0.219 e. The Labute approximate surface area is 84.0 Å². The molecule has 1 heterocycles. The fourth-order valence-corrected chi connectivity index (χ4v) is 1.33. The normalized spacial score (nSPS) is 9.93. The van der Waals surface area contributed by atoms with Crippen molar-refractivity contribution in [3.8, 4) is 11.6 Å². The van der Waals surface area contributed by atoms with Crippen molar-refractivity contribution in [1.82, 2.24) is 4.98 Å². The standard InChI is InChI=1S/C10H16N2O2/c1-13-9-5-7-12-10(14-2)8(9)4-3-6-11/h5,7H,3-4,6,11H2,1-2H3. The van der Waals surface area contributed by atoms with E-state index in [4.69, 9.17) is 15.2 Å². The second-order valence-corrected chi connectivity index (χ2v) is 2.89. The average molecular weight is 196 g/mol. The summed E-state index contributed by atoms with van der Waals surface area (Å²) in [5.41, 5.74) is 6.45. The van der Waals surface area contributed by atoms with Crippen LogP contribution in [0.25, 0.3) is 0 Å². The van der Waals surface area contributed by atoms with E-state index in [1.807, 2.05) is 6.07 Å². The topological polar surface area (TPSA) is 57.4 Å². The molecule has 0 aromatic carbocycles. The Bertz CT molecular complexity index is 267. The summed E-state index contributed by atoms with van der Waals surface area (Å²) in [6.45, 7) is 0.654. The van der Waals surface area contributed by atoms with Crippen molar-refractivity contribution in [2.75, 3.05) is 20.8 Å². The molecule has 1 rings (SSSR count). The van der Waals surface area contributed by atoms with Gasteiger partial charge in [-0.3, -0.25) is 0 Å². The van der Waals surface area contributed by atoms with Gasteiger partial charge in [0.05, 0.1) is 19.8 Å². The monoisotopic (exact) mass is 196 g/mol. The summed E-state index contributed by atoms with van der Waals surface area (Å²) in [5.74, 6) is 1.43. The second-order valence-electron chi connectivity index (χ2n) is 2.89. The predicted octanol–water partition coefficient (Wildman–Crippen LogP) is 0.990. The number of hydrogen-bond donors (Lipinski definition) is 1. The molecule has 0 saturated carbocycles. The summed E-state index contributed by atoms with van der Waals surface area (Å²) >= 11 is 0. The Kier molecular flexibility index (Phi) is 4.19. The molecule has 0 aliphatic rings. The summed E-state index contributed by atoms with van der Waals surface area (Å²) in [4.78, 5) is 4.12. The first kappa shape index (κ1) is 10.8. The van der Waals surface area contributed by atoms with Crippen LogP contribution in [0, 0.1) is 0 Å². The first-order valence-electron chi connectivity index (χ1n) is 4.59. The van der Waals surface area contributed by atoms with Crippen LogP contribution in [0.1, 0.15) is 12.0 Å². The summed E-state index contributed by atoms with van der Waals surface area (Å²) in [7, 11) is 3.24. The van der Waals surface area contributed by atoms with Gasteiger partial charge in [-0.05, 0) is 25.5 Å². The third-order valence-electron chi connectivity index (χ3n) is 2.02. The molecule has 78 valence electrons. The van der Waals surface area contributed by atoms with Crippen LogP contribution in [0.2, 0.25) is 0 Å². The van der Waals surface area contributed by atoms with E-state index in [0.717, 1.165) is 24.2 Å². The van der Waals surface area contributed by atoms with Gasteiger partial charge in [0.1, 0.15) is 5.75 Å². The summed E-state index contributed by atoms with van der Waals surface area (Å²) in [6, 6.07) is 1.83. The van der Waals surface area contributed by atoms with Gasteiger partial charge in [-0.2, -0.15) is 0 Å². The van der Waals surface area contributed by atoms with Gasteiger partial charge in [-0.1, -0.05) is 0 Å². The van der Waals surface area contributed by atoms with Gasteiger partial charge in [0.15, 0.2) is 0 Å². The molecule has 0 atom stereocenters. The molecule has 0 aliphatic heterocycles. The van der Waals surface area contributed by atoms with Gasteiger partial charge in [0.2, 0.25) is 5.88 Å². The van der Waals surface area contributed by atoms with E-state index in [1.54, 1.807) is 20.4 Å². The minimum atomic E-state index is 0.623. The number of aromatic nitrogens is 1. The zero-order chi connectivity index (χ0) is 10.4. The summed E-state index contributed by atoms with van der Waals surface area (Å²) in [5, 5.41) is 0. The fourth-order valence-electron chi connectivity index (χ4n) is 1.33. The van der Waals surface area contributed by atoms with E-state index in [1.165, 1.54) is 0 Å². The van der Waals surface area contributed by atoms with E-state index in [0.29, 0.717) is 12.4 Å². The first-order valence-corrected chi connectivity index (χ1v) is 4.59. The van der Waals surface area contributed by atoms with Crippen LogP contribution in [-0.2, 0) is 6.42 Å². The number of ether oxygens (including phenoxy) is 2. The van der Waals surface area contributed by atoms with Crippen molar-refractivity contribution < 1.29 is 9.47 Å². The molecule has 2 N–H and O–H groups in total. The third kappa shape index (κ3) is 2.35. The van der Waals surface area contributed by atoms with Crippen molar-refractivity contribution in [2.24, 2.45) is 5.73 Å². The van der Waals surface area contributed by atoms with Crippen LogP contribution < -0.4 is 15.2 Å². The molecular formula is C10H16N2O2. The highest BCUT2D eigenvalue weighted by Crippen LogP contribution is 2.26. The molecule has 4 nitrogen and oxygen atoms in total. The molecule has 0 bridgehead atoms. The second kappa shape index (κ2) is 5.44. The molecule has 1 aromatic heterocycles. The van der Waals surface area contributed by atoms with E-state index in [-0.39, 0.29) is 0 Å². The lowest BCUT2D eigenvalue weighted by Gasteiger charge is -2.10. The number of pyridine rings is 1. The average Bonchev–Trinajstić information content (AvgIpc) is 2.25. The van der Waals surface area contributed by atoms with Gasteiger partial charge in [0, 0.05) is 6.20 Å². The lowest BCUT2D eigenvalue weighted by molar-refractivity contribution is 0.372. The van der Waals surface area contributed by atoms with Crippen LogP contribution in [0.4, 0.5) is 0 Å². The predicted molar refractivity (Wildman–Crippen MR) is 54.7 cm³/mol. The summed E-state index contributed by atoms with van der Waals surface area (Å²) < 4.78 is 10.4. The molecule has 1 aromatic rings. The van der Waals surface area contributed by atoms with Crippen LogP contribution in [0.3, 0.4) is 0 Å². The molecular weight excluding hydrogens is 180 g/mol. The Hall–Kier alpha value is -1.29. The molecule has 0 fully saturated rings. The zero-order valence-electron chi connectivity index (χ0n) is 8.62. The van der Waals surface area contributed by atoms with Crippen molar-refractivity contribution in [3.05, 3.63) is 17.8 Å². The number of rotatable bonds is 5. The third-order valence-corrected chi connectivity index (χ3v) is 2.02. The molecule has 0 spiro atoms. The molecule has 0 aliphatic carbocycles. The molecule has 0 unspecified atom stereocenters. The minimum Gasteiger partial charge on any atom is -0.496 e. The SMILES string of the molecule is COc1ccnc(OC)c1CCCN. The minimum absolute atomic E-state index is 0.623. The Morgan fingerprint density at radius 1 is 1.36 bits per heavy atom. The maximum Gasteiger partial charge on any atom is 0.219 e. The molecule has 0 amide bonds. The maximum atomic E-state index is 5.46. The summed E-state index contributed by atoms with van der Waals surface area (Å²) in [6.07, 6.45) is 3.40. The number of hydrogen-bond acceptors (Lipinski definition) is 4. The fraction of sp³-hybridized carbons (Fsp3) is 0.500. The van der Waals surface area contributed by atoms with Gasteiger partial charge >= 0.3 is 0 Å². The molecule has 4 heteroatoms. The number of methoxy groups -OCH3 is 2. The van der Waals surface area contributed by atoms with Gasteiger partial charge < -0.3 is 15.2 Å². The highest BCUT2D eigenvalue weighted by atomic mass is 16.5. The Balaban J connectivity index is 2.93. The van der Waals surface area contributed by atoms with E-state index in [2.05, 4.69) is 4.98 Å². The maximum absolute atomic E-state index is 5.46. The number of nitrogens with zero attached hydrogens (tertiary/aromatic N) is 1. The largest absolute Gasteiger partial charge is 0.496 e.